The Morgan fingerprint density at radius 2 is 1.82 bits per heavy atom. The molecule has 170 valence electrons. The molecular formula is C27H29N3O3. The maximum absolute atomic E-state index is 12.9. The average molecular weight is 444 g/mol. The third-order valence-electron chi connectivity index (χ3n) is 7.36. The molecule has 3 aliphatic rings. The highest BCUT2D eigenvalue weighted by Gasteiger charge is 2.54. The third kappa shape index (κ3) is 4.26. The van der Waals surface area contributed by atoms with Crippen LogP contribution in [0.15, 0.2) is 48.8 Å². The summed E-state index contributed by atoms with van der Waals surface area (Å²) in [6.07, 6.45) is 9.40. The Morgan fingerprint density at radius 1 is 1.09 bits per heavy atom. The van der Waals surface area contributed by atoms with Gasteiger partial charge in [-0.05, 0) is 48.6 Å². The molecular weight excluding hydrogens is 414 g/mol. The van der Waals surface area contributed by atoms with Gasteiger partial charge in [0, 0.05) is 42.4 Å². The second-order valence-corrected chi connectivity index (χ2v) is 9.34. The molecule has 1 N–H and O–H groups in total. The lowest BCUT2D eigenvalue weighted by Gasteiger charge is -2.58. The van der Waals surface area contributed by atoms with E-state index in [1.54, 1.807) is 34.3 Å². The lowest BCUT2D eigenvalue weighted by atomic mass is 9.73. The molecule has 0 unspecified atom stereocenters. The van der Waals surface area contributed by atoms with E-state index in [-0.39, 0.29) is 43.0 Å². The minimum absolute atomic E-state index is 0.00696. The van der Waals surface area contributed by atoms with E-state index in [1.165, 1.54) is 25.7 Å². The molecule has 6 heteroatoms. The van der Waals surface area contributed by atoms with Crippen molar-refractivity contribution in [1.29, 1.82) is 0 Å². The molecule has 1 aromatic heterocycles. The lowest BCUT2D eigenvalue weighted by molar-refractivity contribution is -0.159. The molecule has 2 amide bonds. The number of hydrogen-bond donors (Lipinski definition) is 1. The third-order valence-corrected chi connectivity index (χ3v) is 7.36. The van der Waals surface area contributed by atoms with Gasteiger partial charge in [-0.2, -0.15) is 0 Å². The Hall–Kier alpha value is -3.17. The normalized spacial score (nSPS) is 24.6. The van der Waals surface area contributed by atoms with E-state index in [0.29, 0.717) is 12.1 Å². The van der Waals surface area contributed by atoms with Crippen LogP contribution in [0.2, 0.25) is 0 Å². The quantitative estimate of drug-likeness (QED) is 0.738. The molecule has 1 aliphatic carbocycles. The minimum Gasteiger partial charge on any atom is -0.394 e. The monoisotopic (exact) mass is 443 g/mol. The molecule has 5 rings (SSSR count). The molecule has 3 fully saturated rings. The molecule has 1 saturated carbocycles. The molecule has 3 heterocycles. The van der Waals surface area contributed by atoms with Gasteiger partial charge in [0.05, 0.1) is 18.7 Å². The second kappa shape index (κ2) is 9.36. The Balaban J connectivity index is 1.30. The molecule has 1 aromatic carbocycles. The van der Waals surface area contributed by atoms with Crippen molar-refractivity contribution >= 4 is 11.8 Å². The Kier molecular flexibility index (Phi) is 6.15. The summed E-state index contributed by atoms with van der Waals surface area (Å²) in [5.74, 6) is 7.09. The number of aromatic nitrogens is 1. The first-order valence-electron chi connectivity index (χ1n) is 11.9. The molecule has 2 aromatic rings. The highest BCUT2D eigenvalue weighted by atomic mass is 16.3. The van der Waals surface area contributed by atoms with E-state index in [1.807, 2.05) is 12.1 Å². The van der Waals surface area contributed by atoms with Crippen LogP contribution in [-0.2, 0) is 4.79 Å². The number of carbonyl (C=O) groups excluding carboxylic acids is 2. The summed E-state index contributed by atoms with van der Waals surface area (Å²) in [6, 6.07) is 11.1. The van der Waals surface area contributed by atoms with Crippen LogP contribution in [0.4, 0.5) is 0 Å². The fraction of sp³-hybridized carbons (Fsp3) is 0.444. The summed E-state index contributed by atoms with van der Waals surface area (Å²) in [4.78, 5) is 33.1. The number of aliphatic hydroxyl groups is 1. The van der Waals surface area contributed by atoms with Crippen LogP contribution in [0.25, 0.3) is 0 Å². The van der Waals surface area contributed by atoms with Gasteiger partial charge in [0.25, 0.3) is 5.91 Å². The van der Waals surface area contributed by atoms with E-state index in [9.17, 15) is 14.7 Å². The number of benzene rings is 1. The number of nitrogens with zero attached hydrogens (tertiary/aromatic N) is 3. The van der Waals surface area contributed by atoms with Crippen molar-refractivity contribution < 1.29 is 14.7 Å². The summed E-state index contributed by atoms with van der Waals surface area (Å²) in [5, 5.41) is 10.00. The van der Waals surface area contributed by atoms with Gasteiger partial charge in [0.1, 0.15) is 6.54 Å². The van der Waals surface area contributed by atoms with Gasteiger partial charge in [-0.3, -0.25) is 14.6 Å². The fourth-order valence-electron chi connectivity index (χ4n) is 5.63. The van der Waals surface area contributed by atoms with E-state index in [4.69, 9.17) is 0 Å². The fourth-order valence-corrected chi connectivity index (χ4v) is 5.63. The number of pyridine rings is 1. The minimum atomic E-state index is -0.250. The average Bonchev–Trinajstić information content (AvgIpc) is 3.35. The first-order chi connectivity index (χ1) is 16.2. The van der Waals surface area contributed by atoms with Crippen LogP contribution in [0.1, 0.15) is 59.5 Å². The van der Waals surface area contributed by atoms with Gasteiger partial charge in [-0.1, -0.05) is 36.8 Å². The smallest absolute Gasteiger partial charge is 0.254 e. The Bertz CT molecular complexity index is 1070. The van der Waals surface area contributed by atoms with Gasteiger partial charge >= 0.3 is 0 Å². The van der Waals surface area contributed by atoms with Crippen LogP contribution < -0.4 is 0 Å². The van der Waals surface area contributed by atoms with Crippen LogP contribution in [0, 0.1) is 17.8 Å². The SMILES string of the molecule is O=C(c1ccncc1)N1CC(=O)N2[C@H](C1)[C@H](c1ccc(C#CCC3CCCC3)cc1)[C@@H]2CO. The molecule has 0 bridgehead atoms. The van der Waals surface area contributed by atoms with Gasteiger partial charge < -0.3 is 14.9 Å². The predicted molar refractivity (Wildman–Crippen MR) is 124 cm³/mol. The molecule has 0 radical (unpaired) electrons. The number of aliphatic hydroxyl groups excluding tert-OH is 1. The van der Waals surface area contributed by atoms with Crippen molar-refractivity contribution in [2.24, 2.45) is 5.92 Å². The lowest BCUT2D eigenvalue weighted by Crippen LogP contribution is -2.73. The number of carbonyl (C=O) groups is 2. The van der Waals surface area contributed by atoms with Crippen LogP contribution in [0.5, 0.6) is 0 Å². The zero-order chi connectivity index (χ0) is 22.8. The van der Waals surface area contributed by atoms with Gasteiger partial charge in [0.2, 0.25) is 5.91 Å². The van der Waals surface area contributed by atoms with E-state index in [0.717, 1.165) is 23.5 Å². The van der Waals surface area contributed by atoms with Crippen molar-refractivity contribution in [1.82, 2.24) is 14.8 Å². The summed E-state index contributed by atoms with van der Waals surface area (Å²) in [6.45, 7) is 0.404. The van der Waals surface area contributed by atoms with Gasteiger partial charge in [-0.25, -0.2) is 0 Å². The molecule has 6 nitrogen and oxygen atoms in total. The van der Waals surface area contributed by atoms with E-state index < -0.39 is 0 Å². The number of rotatable bonds is 4. The summed E-state index contributed by atoms with van der Waals surface area (Å²) >= 11 is 0. The Morgan fingerprint density at radius 3 is 2.52 bits per heavy atom. The maximum Gasteiger partial charge on any atom is 0.254 e. The van der Waals surface area contributed by atoms with Crippen molar-refractivity contribution in [2.45, 2.75) is 50.1 Å². The zero-order valence-corrected chi connectivity index (χ0v) is 18.7. The highest BCUT2D eigenvalue weighted by molar-refractivity contribution is 5.97. The van der Waals surface area contributed by atoms with Gasteiger partial charge in [0.15, 0.2) is 0 Å². The van der Waals surface area contributed by atoms with E-state index in [2.05, 4.69) is 29.0 Å². The van der Waals surface area contributed by atoms with Gasteiger partial charge in [-0.15, -0.1) is 0 Å². The van der Waals surface area contributed by atoms with E-state index >= 15 is 0 Å². The number of amides is 2. The Labute approximate surface area is 194 Å². The van der Waals surface area contributed by atoms with Crippen LogP contribution in [0.3, 0.4) is 0 Å². The highest BCUT2D eigenvalue weighted by Crippen LogP contribution is 2.43. The topological polar surface area (TPSA) is 73.7 Å². The molecule has 2 saturated heterocycles. The zero-order valence-electron chi connectivity index (χ0n) is 18.7. The number of hydrogen-bond acceptors (Lipinski definition) is 4. The first-order valence-corrected chi connectivity index (χ1v) is 11.9. The summed E-state index contributed by atoms with van der Waals surface area (Å²) in [7, 11) is 0. The van der Waals surface area contributed by atoms with Crippen molar-refractivity contribution in [3.8, 4) is 11.8 Å². The molecule has 2 aliphatic heterocycles. The van der Waals surface area contributed by atoms with Crippen molar-refractivity contribution in [3.05, 3.63) is 65.5 Å². The number of fused-ring (bicyclic) bond motifs is 1. The second-order valence-electron chi connectivity index (χ2n) is 9.34. The van der Waals surface area contributed by atoms with Crippen molar-refractivity contribution in [3.63, 3.8) is 0 Å². The number of piperazine rings is 1. The maximum atomic E-state index is 12.9. The largest absolute Gasteiger partial charge is 0.394 e. The predicted octanol–water partition coefficient (Wildman–Crippen LogP) is 2.82. The molecule has 3 atom stereocenters. The van der Waals surface area contributed by atoms with Crippen molar-refractivity contribution in [2.75, 3.05) is 19.7 Å². The molecule has 0 spiro atoms. The molecule has 33 heavy (non-hydrogen) atoms. The van der Waals surface area contributed by atoms with Crippen LogP contribution in [-0.4, -0.2) is 63.5 Å². The summed E-state index contributed by atoms with van der Waals surface area (Å²) < 4.78 is 0. The summed E-state index contributed by atoms with van der Waals surface area (Å²) in [5.41, 5.74) is 2.59. The first kappa shape index (κ1) is 21.7. The standard InChI is InChI=1S/C27H29N3O3/c31-18-24-26(21-10-8-20(9-11-21)7-3-6-19-4-1-2-5-19)23-16-29(17-25(32)30(23)24)27(33)22-12-14-28-15-13-22/h8-15,19,23-24,26,31H,1-2,4-6,16-18H2/t23-,24+,26+/m1/s1. The van der Waals surface area contributed by atoms with Crippen LogP contribution >= 0.6 is 0 Å².